The zero-order valence-corrected chi connectivity index (χ0v) is 13.7. The summed E-state index contributed by atoms with van der Waals surface area (Å²) in [5.41, 5.74) is 0. The minimum absolute atomic E-state index is 0.0608. The fourth-order valence-corrected chi connectivity index (χ4v) is 1.85. The van der Waals surface area contributed by atoms with Crippen molar-refractivity contribution in [1.82, 2.24) is 10.6 Å². The third kappa shape index (κ3) is 15.1. The fourth-order valence-electron chi connectivity index (χ4n) is 1.85. The smallest absolute Gasteiger partial charge is 0.239 e. The van der Waals surface area contributed by atoms with Crippen molar-refractivity contribution >= 4 is 11.8 Å². The third-order valence-corrected chi connectivity index (χ3v) is 3.20. The van der Waals surface area contributed by atoms with Crippen LogP contribution in [-0.2, 0) is 14.3 Å². The van der Waals surface area contributed by atoms with Gasteiger partial charge in [0.1, 0.15) is 0 Å². The van der Waals surface area contributed by atoms with Gasteiger partial charge in [-0.2, -0.15) is 0 Å². The molecule has 0 aliphatic rings. The first-order valence-corrected chi connectivity index (χ1v) is 8.31. The highest BCUT2D eigenvalue weighted by molar-refractivity contribution is 5.84. The molecular weight excluding hydrogens is 268 g/mol. The molecule has 0 aromatic rings. The maximum Gasteiger partial charge on any atom is 0.239 e. The van der Waals surface area contributed by atoms with Crippen LogP contribution in [0.15, 0.2) is 0 Å². The molecule has 124 valence electrons. The summed E-state index contributed by atoms with van der Waals surface area (Å²) in [4.78, 5) is 22.3. The predicted octanol–water partition coefficient (Wildman–Crippen LogP) is 2.40. The molecule has 0 heterocycles. The van der Waals surface area contributed by atoms with Gasteiger partial charge in [0, 0.05) is 26.2 Å². The molecule has 0 atom stereocenters. The number of ether oxygens (including phenoxy) is 1. The second kappa shape index (κ2) is 15.3. The van der Waals surface area contributed by atoms with Gasteiger partial charge in [-0.3, -0.25) is 9.59 Å². The van der Waals surface area contributed by atoms with Gasteiger partial charge in [-0.25, -0.2) is 0 Å². The van der Waals surface area contributed by atoms with Crippen LogP contribution < -0.4 is 10.6 Å². The summed E-state index contributed by atoms with van der Waals surface area (Å²) in [7, 11) is 0. The van der Waals surface area contributed by atoms with E-state index in [9.17, 15) is 9.59 Å². The standard InChI is InChI=1S/C16H32N2O3/c1-3-5-6-7-8-9-12-21-13-10-11-17-16(20)14-18-15(19)4-2/h3-14H2,1-2H3,(H,17,20)(H,18,19). The van der Waals surface area contributed by atoms with Crippen molar-refractivity contribution in [2.45, 2.75) is 65.2 Å². The Labute approximate surface area is 129 Å². The van der Waals surface area contributed by atoms with Gasteiger partial charge >= 0.3 is 0 Å². The molecule has 2 N–H and O–H groups in total. The summed E-state index contributed by atoms with van der Waals surface area (Å²) in [6.07, 6.45) is 8.83. The second-order valence-electron chi connectivity index (χ2n) is 5.21. The van der Waals surface area contributed by atoms with Crippen LogP contribution in [0.25, 0.3) is 0 Å². The monoisotopic (exact) mass is 300 g/mol. The molecule has 0 radical (unpaired) electrons. The van der Waals surface area contributed by atoms with E-state index in [1.54, 1.807) is 6.92 Å². The maximum atomic E-state index is 11.4. The Morgan fingerprint density at radius 2 is 1.48 bits per heavy atom. The topological polar surface area (TPSA) is 67.4 Å². The average Bonchev–Trinajstić information content (AvgIpc) is 2.50. The van der Waals surface area contributed by atoms with Crippen molar-refractivity contribution in [3.63, 3.8) is 0 Å². The molecule has 0 saturated heterocycles. The molecule has 0 aliphatic carbocycles. The van der Waals surface area contributed by atoms with E-state index in [4.69, 9.17) is 4.74 Å². The zero-order valence-electron chi connectivity index (χ0n) is 13.7. The van der Waals surface area contributed by atoms with Crippen molar-refractivity contribution < 1.29 is 14.3 Å². The Morgan fingerprint density at radius 1 is 0.810 bits per heavy atom. The quantitative estimate of drug-likeness (QED) is 0.484. The summed E-state index contributed by atoms with van der Waals surface area (Å²) in [5.74, 6) is -0.250. The largest absolute Gasteiger partial charge is 0.381 e. The summed E-state index contributed by atoms with van der Waals surface area (Å²) < 4.78 is 5.52. The second-order valence-corrected chi connectivity index (χ2v) is 5.21. The molecule has 0 fully saturated rings. The summed E-state index contributed by atoms with van der Waals surface area (Å²) in [5, 5.41) is 5.29. The van der Waals surface area contributed by atoms with Gasteiger partial charge in [0.25, 0.3) is 0 Å². The Kier molecular flexibility index (Phi) is 14.5. The van der Waals surface area contributed by atoms with Gasteiger partial charge in [0.05, 0.1) is 6.54 Å². The first-order chi connectivity index (χ1) is 10.2. The molecule has 0 saturated carbocycles. The van der Waals surface area contributed by atoms with Gasteiger partial charge in [0.15, 0.2) is 0 Å². The van der Waals surface area contributed by atoms with E-state index in [0.29, 0.717) is 19.6 Å². The lowest BCUT2D eigenvalue weighted by molar-refractivity contribution is -0.125. The molecule has 0 spiro atoms. The van der Waals surface area contributed by atoms with Crippen LogP contribution in [0.1, 0.15) is 65.2 Å². The van der Waals surface area contributed by atoms with Crippen LogP contribution in [0.3, 0.4) is 0 Å². The molecule has 5 nitrogen and oxygen atoms in total. The van der Waals surface area contributed by atoms with Gasteiger partial charge in [0.2, 0.25) is 11.8 Å². The highest BCUT2D eigenvalue weighted by Gasteiger charge is 2.02. The summed E-state index contributed by atoms with van der Waals surface area (Å²) in [6, 6.07) is 0. The lowest BCUT2D eigenvalue weighted by atomic mass is 10.1. The van der Waals surface area contributed by atoms with Crippen LogP contribution in [0.2, 0.25) is 0 Å². The maximum absolute atomic E-state index is 11.4. The molecule has 0 aliphatic heterocycles. The molecule has 0 unspecified atom stereocenters. The number of hydrogen-bond acceptors (Lipinski definition) is 3. The van der Waals surface area contributed by atoms with Gasteiger partial charge in [-0.15, -0.1) is 0 Å². The molecule has 2 amide bonds. The summed E-state index contributed by atoms with van der Waals surface area (Å²) in [6.45, 7) is 6.12. The number of unbranched alkanes of at least 4 members (excludes halogenated alkanes) is 5. The average molecular weight is 300 g/mol. The Morgan fingerprint density at radius 3 is 2.19 bits per heavy atom. The van der Waals surface area contributed by atoms with Crippen molar-refractivity contribution in [3.05, 3.63) is 0 Å². The van der Waals surface area contributed by atoms with Gasteiger partial charge in [-0.05, 0) is 12.8 Å². The van der Waals surface area contributed by atoms with E-state index in [0.717, 1.165) is 19.4 Å². The van der Waals surface area contributed by atoms with Gasteiger partial charge in [-0.1, -0.05) is 46.0 Å². The van der Waals surface area contributed by atoms with Crippen LogP contribution >= 0.6 is 0 Å². The van der Waals surface area contributed by atoms with E-state index in [-0.39, 0.29) is 18.4 Å². The number of amides is 2. The van der Waals surface area contributed by atoms with Crippen molar-refractivity contribution in [2.24, 2.45) is 0 Å². The number of carbonyl (C=O) groups is 2. The van der Waals surface area contributed by atoms with Crippen LogP contribution in [-0.4, -0.2) is 38.1 Å². The van der Waals surface area contributed by atoms with Crippen LogP contribution in [0.4, 0.5) is 0 Å². The van der Waals surface area contributed by atoms with Crippen molar-refractivity contribution in [3.8, 4) is 0 Å². The minimum Gasteiger partial charge on any atom is -0.381 e. The van der Waals surface area contributed by atoms with E-state index in [1.165, 1.54) is 32.1 Å². The highest BCUT2D eigenvalue weighted by Crippen LogP contribution is 2.04. The first-order valence-electron chi connectivity index (χ1n) is 8.31. The number of carbonyl (C=O) groups excluding carboxylic acids is 2. The minimum atomic E-state index is -0.146. The van der Waals surface area contributed by atoms with Crippen LogP contribution in [0, 0.1) is 0 Å². The SMILES string of the molecule is CCCCCCCCOCCCNC(=O)CNC(=O)CC. The van der Waals surface area contributed by atoms with Crippen molar-refractivity contribution in [1.29, 1.82) is 0 Å². The zero-order chi connectivity index (χ0) is 15.8. The Balaban J connectivity index is 3.18. The lowest BCUT2D eigenvalue weighted by Gasteiger charge is -2.07. The van der Waals surface area contributed by atoms with E-state index in [1.807, 2.05) is 0 Å². The summed E-state index contributed by atoms with van der Waals surface area (Å²) >= 11 is 0. The fraction of sp³-hybridized carbons (Fsp3) is 0.875. The molecule has 5 heteroatoms. The predicted molar refractivity (Wildman–Crippen MR) is 85.1 cm³/mol. The molecule has 21 heavy (non-hydrogen) atoms. The van der Waals surface area contributed by atoms with E-state index < -0.39 is 0 Å². The molecule has 0 bridgehead atoms. The first kappa shape index (κ1) is 19.9. The molecule has 0 aromatic heterocycles. The Bertz CT molecular complexity index is 270. The third-order valence-electron chi connectivity index (χ3n) is 3.20. The molecule has 0 rings (SSSR count). The number of hydrogen-bond donors (Lipinski definition) is 2. The molecular formula is C16H32N2O3. The highest BCUT2D eigenvalue weighted by atomic mass is 16.5. The number of rotatable bonds is 14. The van der Waals surface area contributed by atoms with E-state index in [2.05, 4.69) is 17.6 Å². The normalized spacial score (nSPS) is 10.4. The van der Waals surface area contributed by atoms with Gasteiger partial charge < -0.3 is 15.4 Å². The molecule has 0 aromatic carbocycles. The van der Waals surface area contributed by atoms with Crippen LogP contribution in [0.5, 0.6) is 0 Å². The van der Waals surface area contributed by atoms with E-state index >= 15 is 0 Å². The Hall–Kier alpha value is -1.10. The lowest BCUT2D eigenvalue weighted by Crippen LogP contribution is -2.37. The number of nitrogens with one attached hydrogen (secondary N) is 2. The van der Waals surface area contributed by atoms with Crippen molar-refractivity contribution in [2.75, 3.05) is 26.3 Å².